The largest absolute Gasteiger partial charge is 0.428 e. The van der Waals surface area contributed by atoms with Crippen molar-refractivity contribution >= 4 is 10.5 Å². The zero-order valence-electron chi connectivity index (χ0n) is 21.1. The fraction of sp³-hybridized carbons (Fsp3) is 0.857. The van der Waals surface area contributed by atoms with Crippen LogP contribution in [0.3, 0.4) is 0 Å². The van der Waals surface area contributed by atoms with Gasteiger partial charge >= 0.3 is 0 Å². The standard InChI is InChI=1S/C28H56OSi/c1-3-4-5-6-7-8-9-10-13-16-19-22-25-28(2)26-23-20-17-14-11-12-15-18-21-24-27-29-30/h19,22-23,26,28H,3-18,20-21,24-25,27H2,1-2,30H3. The molecule has 0 spiro atoms. The first kappa shape index (κ1) is 29.7. The molecule has 0 heterocycles. The maximum Gasteiger partial charge on any atom is 0.145 e. The Kier molecular flexibility index (Phi) is 26.4. The molecule has 0 bridgehead atoms. The minimum absolute atomic E-state index is 0.694. The van der Waals surface area contributed by atoms with Gasteiger partial charge in [-0.1, -0.05) is 128 Å². The normalized spacial score (nSPS) is 13.1. The van der Waals surface area contributed by atoms with Crippen LogP contribution in [0.25, 0.3) is 0 Å². The van der Waals surface area contributed by atoms with Gasteiger partial charge in [-0.2, -0.15) is 0 Å². The van der Waals surface area contributed by atoms with Gasteiger partial charge in [0.25, 0.3) is 0 Å². The maximum atomic E-state index is 5.23. The summed E-state index contributed by atoms with van der Waals surface area (Å²) in [6.45, 7) is 5.64. The second kappa shape index (κ2) is 26.7. The Hall–Kier alpha value is -0.343. The third-order valence-electron chi connectivity index (χ3n) is 6.08. The monoisotopic (exact) mass is 436 g/mol. The van der Waals surface area contributed by atoms with Gasteiger partial charge in [0, 0.05) is 6.61 Å². The molecule has 1 atom stereocenters. The summed E-state index contributed by atoms with van der Waals surface area (Å²) in [5, 5.41) is 0. The van der Waals surface area contributed by atoms with Crippen molar-refractivity contribution in [3.8, 4) is 0 Å². The van der Waals surface area contributed by atoms with Crippen LogP contribution in [0.1, 0.15) is 142 Å². The molecule has 1 nitrogen and oxygen atoms in total. The first-order valence-electron chi connectivity index (χ1n) is 13.6. The van der Waals surface area contributed by atoms with Gasteiger partial charge in [-0.05, 0) is 44.4 Å². The lowest BCUT2D eigenvalue weighted by Crippen LogP contribution is -1.89. The van der Waals surface area contributed by atoms with E-state index in [4.69, 9.17) is 4.43 Å². The van der Waals surface area contributed by atoms with Gasteiger partial charge in [-0.3, -0.25) is 0 Å². The van der Waals surface area contributed by atoms with E-state index in [1.54, 1.807) is 0 Å². The van der Waals surface area contributed by atoms with Crippen LogP contribution in [-0.4, -0.2) is 17.1 Å². The average molecular weight is 437 g/mol. The number of allylic oxidation sites excluding steroid dienone is 4. The fourth-order valence-corrected chi connectivity index (χ4v) is 4.27. The van der Waals surface area contributed by atoms with Gasteiger partial charge in [0.1, 0.15) is 10.5 Å². The van der Waals surface area contributed by atoms with Crippen molar-refractivity contribution in [3.05, 3.63) is 24.3 Å². The van der Waals surface area contributed by atoms with Gasteiger partial charge in [0.05, 0.1) is 0 Å². The summed E-state index contributed by atoms with van der Waals surface area (Å²) < 4.78 is 5.23. The second-order valence-electron chi connectivity index (χ2n) is 9.34. The topological polar surface area (TPSA) is 9.23 Å². The van der Waals surface area contributed by atoms with E-state index in [1.165, 1.54) is 128 Å². The maximum absolute atomic E-state index is 5.23. The number of hydrogen-bond acceptors (Lipinski definition) is 1. The Balaban J connectivity index is 3.31. The van der Waals surface area contributed by atoms with Crippen LogP contribution in [-0.2, 0) is 4.43 Å². The molecule has 0 aromatic rings. The third kappa shape index (κ3) is 25.7. The second-order valence-corrected chi connectivity index (χ2v) is 9.92. The van der Waals surface area contributed by atoms with Crippen LogP contribution in [0.4, 0.5) is 0 Å². The Labute approximate surface area is 194 Å². The van der Waals surface area contributed by atoms with Gasteiger partial charge in [-0.15, -0.1) is 0 Å². The third-order valence-corrected chi connectivity index (χ3v) is 6.49. The van der Waals surface area contributed by atoms with Crippen molar-refractivity contribution in [2.75, 3.05) is 6.61 Å². The van der Waals surface area contributed by atoms with Crippen molar-refractivity contribution in [1.29, 1.82) is 0 Å². The predicted octanol–water partition coefficient (Wildman–Crippen LogP) is 8.85. The highest BCUT2D eigenvalue weighted by molar-refractivity contribution is 5.97. The molecule has 0 aliphatic rings. The average Bonchev–Trinajstić information content (AvgIpc) is 2.75. The molecule has 0 rings (SSSR count). The molecular weight excluding hydrogens is 380 g/mol. The van der Waals surface area contributed by atoms with Crippen LogP contribution < -0.4 is 0 Å². The summed E-state index contributed by atoms with van der Waals surface area (Å²) in [6, 6.07) is 0. The molecule has 2 heteroatoms. The van der Waals surface area contributed by atoms with Crippen LogP contribution >= 0.6 is 0 Å². The number of unbranched alkanes of at least 4 members (excludes halogenated alkanes) is 17. The smallest absolute Gasteiger partial charge is 0.145 e. The van der Waals surface area contributed by atoms with Gasteiger partial charge < -0.3 is 4.43 Å². The van der Waals surface area contributed by atoms with E-state index in [0.29, 0.717) is 5.92 Å². The van der Waals surface area contributed by atoms with E-state index in [1.807, 2.05) is 0 Å². The van der Waals surface area contributed by atoms with Crippen molar-refractivity contribution in [2.24, 2.45) is 5.92 Å². The SMILES string of the molecule is CCCCCCCCCCCC=CCC(C)C=CCCCCCCCCCCO[SiH3]. The van der Waals surface area contributed by atoms with Crippen LogP contribution in [0.2, 0.25) is 0 Å². The Bertz CT molecular complexity index is 364. The van der Waals surface area contributed by atoms with E-state index in [2.05, 4.69) is 38.2 Å². The zero-order valence-corrected chi connectivity index (χ0v) is 23.1. The molecule has 0 N–H and O–H groups in total. The van der Waals surface area contributed by atoms with E-state index in [9.17, 15) is 0 Å². The molecule has 0 fully saturated rings. The molecule has 0 aliphatic carbocycles. The summed E-state index contributed by atoms with van der Waals surface area (Å²) in [4.78, 5) is 0. The summed E-state index contributed by atoms with van der Waals surface area (Å²) in [7, 11) is 0.900. The molecule has 0 amide bonds. The first-order chi connectivity index (χ1) is 14.8. The van der Waals surface area contributed by atoms with Gasteiger partial charge in [0.15, 0.2) is 0 Å². The van der Waals surface area contributed by atoms with E-state index >= 15 is 0 Å². The summed E-state index contributed by atoms with van der Waals surface area (Å²) in [6.07, 6.45) is 37.3. The molecule has 0 radical (unpaired) electrons. The molecule has 0 aromatic carbocycles. The summed E-state index contributed by atoms with van der Waals surface area (Å²) >= 11 is 0. The molecule has 1 unspecified atom stereocenters. The number of rotatable bonds is 24. The van der Waals surface area contributed by atoms with E-state index in [-0.39, 0.29) is 0 Å². The molecule has 0 aromatic heterocycles. The highest BCUT2D eigenvalue weighted by Gasteiger charge is 1.95. The molecule has 0 aliphatic heterocycles. The lowest BCUT2D eigenvalue weighted by Gasteiger charge is -2.03. The minimum Gasteiger partial charge on any atom is -0.428 e. The highest BCUT2D eigenvalue weighted by Crippen LogP contribution is 2.13. The summed E-state index contributed by atoms with van der Waals surface area (Å²) in [5.41, 5.74) is 0. The minimum atomic E-state index is 0.694. The van der Waals surface area contributed by atoms with Crippen molar-refractivity contribution in [1.82, 2.24) is 0 Å². The Morgan fingerprint density at radius 1 is 0.600 bits per heavy atom. The Morgan fingerprint density at radius 3 is 1.60 bits per heavy atom. The van der Waals surface area contributed by atoms with Crippen LogP contribution in [0.5, 0.6) is 0 Å². The molecule has 0 saturated carbocycles. The van der Waals surface area contributed by atoms with Crippen molar-refractivity contribution in [3.63, 3.8) is 0 Å². The highest BCUT2D eigenvalue weighted by atomic mass is 28.2. The van der Waals surface area contributed by atoms with E-state index < -0.39 is 0 Å². The van der Waals surface area contributed by atoms with Gasteiger partial charge in [-0.25, -0.2) is 0 Å². The van der Waals surface area contributed by atoms with Gasteiger partial charge in [0.2, 0.25) is 0 Å². The lowest BCUT2D eigenvalue weighted by atomic mass is 10.0. The molecule has 30 heavy (non-hydrogen) atoms. The lowest BCUT2D eigenvalue weighted by molar-refractivity contribution is 0.332. The number of hydrogen-bond donors (Lipinski definition) is 0. The van der Waals surface area contributed by atoms with Crippen molar-refractivity contribution in [2.45, 2.75) is 142 Å². The quantitative estimate of drug-likeness (QED) is 0.0833. The molecular formula is C28H56OSi. The summed E-state index contributed by atoms with van der Waals surface area (Å²) in [5.74, 6) is 0.694. The predicted molar refractivity (Wildman–Crippen MR) is 141 cm³/mol. The molecule has 0 saturated heterocycles. The van der Waals surface area contributed by atoms with Crippen LogP contribution in [0.15, 0.2) is 24.3 Å². The van der Waals surface area contributed by atoms with E-state index in [0.717, 1.165) is 17.1 Å². The van der Waals surface area contributed by atoms with Crippen LogP contribution in [0, 0.1) is 5.92 Å². The molecule has 178 valence electrons. The Morgan fingerprint density at radius 2 is 1.07 bits per heavy atom. The first-order valence-corrected chi connectivity index (χ1v) is 14.4. The zero-order chi connectivity index (χ0) is 22.0. The van der Waals surface area contributed by atoms with Crippen molar-refractivity contribution < 1.29 is 4.43 Å². The fourth-order valence-electron chi connectivity index (χ4n) is 3.98.